The van der Waals surface area contributed by atoms with Gasteiger partial charge >= 0.3 is 0 Å². The van der Waals surface area contributed by atoms with Gasteiger partial charge in [-0.1, -0.05) is 36.4 Å². The van der Waals surface area contributed by atoms with E-state index in [4.69, 9.17) is 9.47 Å². The van der Waals surface area contributed by atoms with Crippen LogP contribution in [0.3, 0.4) is 0 Å². The minimum atomic E-state index is -4.42. The molecule has 0 fully saturated rings. The third-order valence-electron chi connectivity index (χ3n) is 5.15. The van der Waals surface area contributed by atoms with Crippen molar-refractivity contribution >= 4 is 27.3 Å². The summed E-state index contributed by atoms with van der Waals surface area (Å²) in [6, 6.07) is 18.4. The van der Waals surface area contributed by atoms with Crippen LogP contribution in [0, 0.1) is 10.1 Å². The predicted octanol–water partition coefficient (Wildman–Crippen LogP) is 3.17. The Morgan fingerprint density at radius 1 is 0.971 bits per heavy atom. The van der Waals surface area contributed by atoms with Gasteiger partial charge in [-0.05, 0) is 42.3 Å². The zero-order chi connectivity index (χ0) is 25.4. The number of anilines is 1. The smallest absolute Gasteiger partial charge is 0.289 e. The summed E-state index contributed by atoms with van der Waals surface area (Å²) >= 11 is 0. The van der Waals surface area contributed by atoms with Crippen LogP contribution >= 0.6 is 0 Å². The number of nitro groups is 1. The van der Waals surface area contributed by atoms with E-state index in [1.54, 1.807) is 30.3 Å². The molecule has 3 rings (SSSR count). The Morgan fingerprint density at radius 2 is 1.63 bits per heavy atom. The van der Waals surface area contributed by atoms with Crippen LogP contribution in [-0.2, 0) is 21.2 Å². The van der Waals surface area contributed by atoms with Crippen molar-refractivity contribution in [1.29, 1.82) is 0 Å². The minimum absolute atomic E-state index is 0.209. The highest BCUT2D eigenvalue weighted by molar-refractivity contribution is 7.93. The lowest BCUT2D eigenvalue weighted by Crippen LogP contribution is -2.41. The molecule has 0 heterocycles. The molecule has 0 aromatic heterocycles. The van der Waals surface area contributed by atoms with E-state index >= 15 is 0 Å². The number of nitrogens with one attached hydrogen (secondary N) is 1. The number of sulfonamides is 1. The van der Waals surface area contributed by atoms with Crippen molar-refractivity contribution in [2.75, 3.05) is 31.6 Å². The van der Waals surface area contributed by atoms with Gasteiger partial charge in [-0.15, -0.1) is 0 Å². The van der Waals surface area contributed by atoms with Gasteiger partial charge in [0.25, 0.3) is 15.7 Å². The fourth-order valence-corrected chi connectivity index (χ4v) is 5.00. The normalized spacial score (nSPS) is 10.9. The molecule has 1 N–H and O–H groups in total. The van der Waals surface area contributed by atoms with E-state index in [9.17, 15) is 23.3 Å². The second-order valence-corrected chi connectivity index (χ2v) is 9.19. The second kappa shape index (κ2) is 11.3. The molecule has 3 aromatic carbocycles. The molecule has 0 saturated heterocycles. The summed E-state index contributed by atoms with van der Waals surface area (Å²) < 4.78 is 38.2. The maximum atomic E-state index is 13.4. The molecular formula is C24H25N3O7S. The van der Waals surface area contributed by atoms with Gasteiger partial charge in [0.1, 0.15) is 6.54 Å². The van der Waals surface area contributed by atoms with E-state index in [0.717, 1.165) is 22.0 Å². The largest absolute Gasteiger partial charge is 0.493 e. The molecule has 184 valence electrons. The van der Waals surface area contributed by atoms with Crippen molar-refractivity contribution in [3.63, 3.8) is 0 Å². The van der Waals surface area contributed by atoms with Crippen LogP contribution in [0.25, 0.3) is 0 Å². The quantitative estimate of drug-likeness (QED) is 0.317. The highest BCUT2D eigenvalue weighted by Crippen LogP contribution is 2.30. The Labute approximate surface area is 203 Å². The monoisotopic (exact) mass is 499 g/mol. The van der Waals surface area contributed by atoms with E-state index in [1.807, 2.05) is 6.07 Å². The van der Waals surface area contributed by atoms with Crippen molar-refractivity contribution in [2.24, 2.45) is 0 Å². The Hall–Kier alpha value is -4.12. The maximum absolute atomic E-state index is 13.4. The van der Waals surface area contributed by atoms with Crippen LogP contribution in [-0.4, -0.2) is 46.6 Å². The summed E-state index contributed by atoms with van der Waals surface area (Å²) in [6.45, 7) is -0.313. The number of para-hydroxylation sites is 2. The fourth-order valence-electron chi connectivity index (χ4n) is 3.42. The average molecular weight is 500 g/mol. The van der Waals surface area contributed by atoms with Crippen molar-refractivity contribution in [3.8, 4) is 11.5 Å². The summed E-state index contributed by atoms with van der Waals surface area (Å²) in [6.07, 6.45) is 0.467. The molecule has 0 atom stereocenters. The van der Waals surface area contributed by atoms with Gasteiger partial charge < -0.3 is 14.8 Å². The molecule has 0 aliphatic heterocycles. The summed E-state index contributed by atoms with van der Waals surface area (Å²) in [5.74, 6) is 0.581. The maximum Gasteiger partial charge on any atom is 0.289 e. The van der Waals surface area contributed by atoms with E-state index < -0.39 is 38.0 Å². The summed E-state index contributed by atoms with van der Waals surface area (Å²) in [5, 5.41) is 14.1. The molecule has 10 nitrogen and oxygen atoms in total. The fraction of sp³-hybridized carbons (Fsp3) is 0.208. The molecule has 0 aliphatic rings. The summed E-state index contributed by atoms with van der Waals surface area (Å²) in [4.78, 5) is 22.9. The number of amides is 1. The van der Waals surface area contributed by atoms with Crippen molar-refractivity contribution < 1.29 is 27.6 Å². The average Bonchev–Trinajstić information content (AvgIpc) is 2.87. The van der Waals surface area contributed by atoms with Gasteiger partial charge in [0.15, 0.2) is 16.4 Å². The van der Waals surface area contributed by atoms with E-state index in [1.165, 1.54) is 38.5 Å². The third-order valence-corrected chi connectivity index (χ3v) is 6.97. The minimum Gasteiger partial charge on any atom is -0.493 e. The van der Waals surface area contributed by atoms with Crippen LogP contribution in [0.2, 0.25) is 0 Å². The molecule has 0 spiro atoms. The number of nitro benzene ring substituents is 1. The van der Waals surface area contributed by atoms with Crippen molar-refractivity contribution in [3.05, 3.63) is 88.5 Å². The molecule has 0 radical (unpaired) electrons. The lowest BCUT2D eigenvalue weighted by atomic mass is 10.1. The number of benzene rings is 3. The van der Waals surface area contributed by atoms with Gasteiger partial charge in [-0.3, -0.25) is 19.2 Å². The van der Waals surface area contributed by atoms with E-state index in [2.05, 4.69) is 5.32 Å². The Bertz CT molecular complexity index is 1300. The van der Waals surface area contributed by atoms with Gasteiger partial charge in [-0.25, -0.2) is 8.42 Å². The number of rotatable bonds is 11. The van der Waals surface area contributed by atoms with Gasteiger partial charge in [0.2, 0.25) is 5.91 Å². The van der Waals surface area contributed by atoms with Crippen LogP contribution in [0.4, 0.5) is 11.4 Å². The third kappa shape index (κ3) is 6.07. The van der Waals surface area contributed by atoms with Gasteiger partial charge in [0.05, 0.1) is 24.8 Å². The molecule has 0 bridgehead atoms. The van der Waals surface area contributed by atoms with E-state index in [-0.39, 0.29) is 12.2 Å². The molecule has 0 saturated carbocycles. The Balaban J connectivity index is 1.79. The molecule has 0 aliphatic carbocycles. The number of hydrogen-bond donors (Lipinski definition) is 1. The standard InChI is InChI=1S/C24H25N3O7S/c1-33-21-13-12-18(16-22(21)34-2)14-15-25-24(28)17-26(19-8-4-3-5-9-19)35(31,32)23-11-7-6-10-20(23)27(29)30/h3-13,16H,14-15,17H2,1-2H3,(H,25,28). The number of ether oxygens (including phenoxy) is 2. The molecule has 11 heteroatoms. The number of hydrogen-bond acceptors (Lipinski definition) is 7. The molecule has 3 aromatic rings. The molecule has 1 amide bonds. The van der Waals surface area contributed by atoms with Crippen LogP contribution in [0.1, 0.15) is 5.56 Å². The SMILES string of the molecule is COc1ccc(CCNC(=O)CN(c2ccccc2)S(=O)(=O)c2ccccc2[N+](=O)[O-])cc1OC. The topological polar surface area (TPSA) is 128 Å². The first-order valence-corrected chi connectivity index (χ1v) is 12.0. The van der Waals surface area contributed by atoms with Gasteiger partial charge in [0, 0.05) is 12.6 Å². The first kappa shape index (κ1) is 25.5. The van der Waals surface area contributed by atoms with Crippen LogP contribution < -0.4 is 19.1 Å². The van der Waals surface area contributed by atoms with Gasteiger partial charge in [-0.2, -0.15) is 0 Å². The lowest BCUT2D eigenvalue weighted by Gasteiger charge is -2.24. The first-order chi connectivity index (χ1) is 16.8. The second-order valence-electron chi connectivity index (χ2n) is 7.36. The lowest BCUT2D eigenvalue weighted by molar-refractivity contribution is -0.387. The van der Waals surface area contributed by atoms with E-state index in [0.29, 0.717) is 17.9 Å². The zero-order valence-corrected chi connectivity index (χ0v) is 20.0. The highest BCUT2D eigenvalue weighted by Gasteiger charge is 2.32. The van der Waals surface area contributed by atoms with Crippen molar-refractivity contribution in [1.82, 2.24) is 5.32 Å². The summed E-state index contributed by atoms with van der Waals surface area (Å²) in [7, 11) is -1.36. The molecule has 35 heavy (non-hydrogen) atoms. The molecular weight excluding hydrogens is 474 g/mol. The Morgan fingerprint density at radius 3 is 2.29 bits per heavy atom. The predicted molar refractivity (Wildman–Crippen MR) is 130 cm³/mol. The number of nitrogens with zero attached hydrogens (tertiary/aromatic N) is 2. The molecule has 0 unspecified atom stereocenters. The zero-order valence-electron chi connectivity index (χ0n) is 19.2. The first-order valence-electron chi connectivity index (χ1n) is 10.6. The number of carbonyl (C=O) groups excluding carboxylic acids is 1. The number of carbonyl (C=O) groups is 1. The Kier molecular flexibility index (Phi) is 8.26. The van der Waals surface area contributed by atoms with Crippen LogP contribution in [0.5, 0.6) is 11.5 Å². The van der Waals surface area contributed by atoms with Crippen LogP contribution in [0.15, 0.2) is 77.7 Å². The highest BCUT2D eigenvalue weighted by atomic mass is 32.2. The summed E-state index contributed by atoms with van der Waals surface area (Å²) in [5.41, 5.74) is 0.526. The number of methoxy groups -OCH3 is 2. The van der Waals surface area contributed by atoms with Crippen molar-refractivity contribution in [2.45, 2.75) is 11.3 Å².